The number of sulfone groups is 1. The van der Waals surface area contributed by atoms with Gasteiger partial charge in [-0.25, -0.2) is 13.2 Å². The lowest BCUT2D eigenvalue weighted by atomic mass is 10.0. The SMILES string of the molecule is CCOC(=O)c1c(-c2ccc(CS(C)(=O)=O)c(Cl)c2)c2nn(C)c(C(C)C)c2n1C(O)OC(C)(C)C. The Labute approximate surface area is 216 Å². The molecule has 198 valence electrons. The van der Waals surface area contributed by atoms with Crippen molar-refractivity contribution in [2.75, 3.05) is 12.9 Å². The van der Waals surface area contributed by atoms with Crippen LogP contribution < -0.4 is 0 Å². The molecule has 2 aromatic heterocycles. The first-order valence-electron chi connectivity index (χ1n) is 11.7. The number of hydrogen-bond acceptors (Lipinski definition) is 7. The summed E-state index contributed by atoms with van der Waals surface area (Å²) in [5.74, 6) is -0.873. The Kier molecular flexibility index (Phi) is 7.95. The third-order valence-electron chi connectivity index (χ3n) is 5.48. The predicted octanol–water partition coefficient (Wildman–Crippen LogP) is 4.80. The number of nitrogens with zero attached hydrogens (tertiary/aromatic N) is 3. The lowest BCUT2D eigenvalue weighted by molar-refractivity contribution is -0.208. The molecule has 0 spiro atoms. The summed E-state index contributed by atoms with van der Waals surface area (Å²) >= 11 is 6.49. The molecular formula is C25H34ClN3O6S. The molecule has 9 nitrogen and oxygen atoms in total. The summed E-state index contributed by atoms with van der Waals surface area (Å²) in [5.41, 5.74) is 2.52. The summed E-state index contributed by atoms with van der Waals surface area (Å²) in [4.78, 5) is 13.3. The van der Waals surface area contributed by atoms with Crippen molar-refractivity contribution in [1.29, 1.82) is 0 Å². The van der Waals surface area contributed by atoms with E-state index in [0.29, 0.717) is 27.7 Å². The molecule has 0 aliphatic carbocycles. The predicted molar refractivity (Wildman–Crippen MR) is 140 cm³/mol. The molecule has 1 atom stereocenters. The van der Waals surface area contributed by atoms with E-state index in [0.717, 1.165) is 11.9 Å². The molecule has 36 heavy (non-hydrogen) atoms. The molecule has 3 aromatic rings. The van der Waals surface area contributed by atoms with Gasteiger partial charge in [0.15, 0.2) is 9.84 Å². The number of hydrogen-bond donors (Lipinski definition) is 1. The van der Waals surface area contributed by atoms with Crippen LogP contribution in [0.25, 0.3) is 22.2 Å². The molecule has 11 heteroatoms. The number of aliphatic hydroxyl groups excluding tert-OH is 1. The lowest BCUT2D eigenvalue weighted by Crippen LogP contribution is -2.28. The van der Waals surface area contributed by atoms with Gasteiger partial charge in [-0.05, 0) is 50.8 Å². The number of ether oxygens (including phenoxy) is 2. The van der Waals surface area contributed by atoms with Gasteiger partial charge in [0.05, 0.1) is 29.2 Å². The summed E-state index contributed by atoms with van der Waals surface area (Å²) in [5, 5.41) is 16.2. The zero-order valence-corrected chi connectivity index (χ0v) is 23.5. The maximum absolute atomic E-state index is 13.3. The molecular weight excluding hydrogens is 506 g/mol. The Balaban J connectivity index is 2.43. The Morgan fingerprint density at radius 1 is 1.25 bits per heavy atom. The number of aryl methyl sites for hydroxylation is 1. The molecule has 0 aliphatic rings. The maximum Gasteiger partial charge on any atom is 0.355 e. The van der Waals surface area contributed by atoms with Crippen LogP contribution in [-0.2, 0) is 32.1 Å². The van der Waals surface area contributed by atoms with E-state index >= 15 is 0 Å². The minimum absolute atomic E-state index is 0.000827. The van der Waals surface area contributed by atoms with Crippen LogP contribution in [0.2, 0.25) is 5.02 Å². The summed E-state index contributed by atoms with van der Waals surface area (Å²) in [6.45, 7) is 11.2. The van der Waals surface area contributed by atoms with Crippen LogP contribution in [0.3, 0.4) is 0 Å². The van der Waals surface area contributed by atoms with Crippen molar-refractivity contribution in [1.82, 2.24) is 14.3 Å². The van der Waals surface area contributed by atoms with Crippen LogP contribution in [0.15, 0.2) is 18.2 Å². The highest BCUT2D eigenvalue weighted by atomic mass is 35.5. The average Bonchev–Trinajstić information content (AvgIpc) is 3.19. The molecule has 1 N–H and O–H groups in total. The number of aromatic nitrogens is 3. The number of rotatable bonds is 8. The van der Waals surface area contributed by atoms with E-state index in [1.54, 1.807) is 57.6 Å². The highest BCUT2D eigenvalue weighted by Gasteiger charge is 2.34. The molecule has 0 fully saturated rings. The minimum Gasteiger partial charge on any atom is -0.461 e. The molecule has 0 radical (unpaired) electrons. The van der Waals surface area contributed by atoms with E-state index in [-0.39, 0.29) is 29.0 Å². The Morgan fingerprint density at radius 3 is 2.39 bits per heavy atom. The fraction of sp³-hybridized carbons (Fsp3) is 0.520. The molecule has 0 amide bonds. The smallest absolute Gasteiger partial charge is 0.355 e. The fourth-order valence-electron chi connectivity index (χ4n) is 4.29. The van der Waals surface area contributed by atoms with E-state index in [2.05, 4.69) is 0 Å². The number of benzene rings is 1. The van der Waals surface area contributed by atoms with Crippen molar-refractivity contribution in [3.8, 4) is 11.1 Å². The van der Waals surface area contributed by atoms with Gasteiger partial charge in [-0.15, -0.1) is 0 Å². The highest BCUT2D eigenvalue weighted by molar-refractivity contribution is 7.89. The second kappa shape index (κ2) is 10.2. The first kappa shape index (κ1) is 28.2. The van der Waals surface area contributed by atoms with Crippen LogP contribution in [0.4, 0.5) is 0 Å². The normalized spacial score (nSPS) is 13.5. The van der Waals surface area contributed by atoms with Crippen LogP contribution in [0.5, 0.6) is 0 Å². The standard InChI is InChI=1S/C25H34ClN3O6S/c1-9-34-23(30)21-18(15-10-11-16(17(26)12-15)13-36(8,32)33)19-22(20(14(2)3)28(7)27-19)29(21)24(31)35-25(4,5)6/h10-12,14,24,31H,9,13H2,1-8H3. The monoisotopic (exact) mass is 539 g/mol. The number of esters is 1. The van der Waals surface area contributed by atoms with Gasteiger partial charge >= 0.3 is 5.97 Å². The first-order chi connectivity index (χ1) is 16.6. The summed E-state index contributed by atoms with van der Waals surface area (Å²) in [7, 11) is -1.51. The quantitative estimate of drug-likeness (QED) is 0.323. The number of carbonyl (C=O) groups excluding carboxylic acids is 1. The van der Waals surface area contributed by atoms with Crippen LogP contribution in [-0.4, -0.2) is 52.3 Å². The molecule has 3 rings (SSSR count). The second-order valence-electron chi connectivity index (χ2n) is 10.1. The Hall–Kier alpha value is -2.40. The van der Waals surface area contributed by atoms with Gasteiger partial charge in [-0.3, -0.25) is 9.25 Å². The second-order valence-corrected chi connectivity index (χ2v) is 12.7. The molecule has 0 saturated carbocycles. The molecule has 0 saturated heterocycles. The van der Waals surface area contributed by atoms with E-state index in [9.17, 15) is 18.3 Å². The summed E-state index contributed by atoms with van der Waals surface area (Å²) < 4.78 is 38.0. The van der Waals surface area contributed by atoms with E-state index in [4.69, 9.17) is 26.2 Å². The Morgan fingerprint density at radius 2 is 1.89 bits per heavy atom. The lowest BCUT2D eigenvalue weighted by Gasteiger charge is -2.26. The number of aliphatic hydroxyl groups is 1. The molecule has 1 aromatic carbocycles. The minimum atomic E-state index is -3.31. The molecule has 0 aliphatic heterocycles. The number of carbonyl (C=O) groups is 1. The summed E-state index contributed by atoms with van der Waals surface area (Å²) in [6.07, 6.45) is -0.375. The molecule has 1 unspecified atom stereocenters. The van der Waals surface area contributed by atoms with Crippen molar-refractivity contribution >= 4 is 38.4 Å². The van der Waals surface area contributed by atoms with Gasteiger partial charge in [-0.2, -0.15) is 5.10 Å². The third kappa shape index (κ3) is 5.77. The fourth-order valence-corrected chi connectivity index (χ4v) is 5.43. The van der Waals surface area contributed by atoms with Gasteiger partial charge in [0.25, 0.3) is 0 Å². The average molecular weight is 540 g/mol. The number of halogens is 1. The van der Waals surface area contributed by atoms with Crippen molar-refractivity contribution in [2.24, 2.45) is 7.05 Å². The van der Waals surface area contributed by atoms with Crippen molar-refractivity contribution < 1.29 is 27.8 Å². The third-order valence-corrected chi connectivity index (χ3v) is 6.66. The molecule has 2 heterocycles. The van der Waals surface area contributed by atoms with Crippen LogP contribution >= 0.6 is 11.6 Å². The van der Waals surface area contributed by atoms with Crippen molar-refractivity contribution in [3.05, 3.63) is 40.2 Å². The van der Waals surface area contributed by atoms with Gasteiger partial charge in [0.2, 0.25) is 6.41 Å². The first-order valence-corrected chi connectivity index (χ1v) is 14.1. The molecule has 0 bridgehead atoms. The van der Waals surface area contributed by atoms with Gasteiger partial charge < -0.3 is 14.6 Å². The van der Waals surface area contributed by atoms with E-state index < -0.39 is 27.8 Å². The zero-order valence-electron chi connectivity index (χ0n) is 21.9. The maximum atomic E-state index is 13.3. The topological polar surface area (TPSA) is 113 Å². The van der Waals surface area contributed by atoms with E-state index in [1.807, 2.05) is 13.8 Å². The largest absolute Gasteiger partial charge is 0.461 e. The van der Waals surface area contributed by atoms with Crippen molar-refractivity contribution in [2.45, 2.75) is 65.2 Å². The van der Waals surface area contributed by atoms with Crippen LogP contribution in [0.1, 0.15) is 75.6 Å². The number of fused-ring (bicyclic) bond motifs is 1. The van der Waals surface area contributed by atoms with Crippen LogP contribution in [0, 0.1) is 0 Å². The van der Waals surface area contributed by atoms with Gasteiger partial charge in [-0.1, -0.05) is 37.6 Å². The van der Waals surface area contributed by atoms with Crippen molar-refractivity contribution in [3.63, 3.8) is 0 Å². The van der Waals surface area contributed by atoms with Gasteiger partial charge in [0.1, 0.15) is 11.2 Å². The Bertz CT molecular complexity index is 1400. The zero-order chi connectivity index (χ0) is 27.2. The van der Waals surface area contributed by atoms with E-state index in [1.165, 1.54) is 4.57 Å². The van der Waals surface area contributed by atoms with Gasteiger partial charge in [0, 0.05) is 23.9 Å². The summed E-state index contributed by atoms with van der Waals surface area (Å²) in [6, 6.07) is 4.91. The highest BCUT2D eigenvalue weighted by Crippen LogP contribution is 2.41.